The SMILES string of the molecule is O=C(Nc1n[nH]c(-c2ccco2)n1)N1CCc2c([nH]c3ccccc23)C1. The summed E-state index contributed by atoms with van der Waals surface area (Å²) in [6, 6.07) is 11.5. The summed E-state index contributed by atoms with van der Waals surface area (Å²) >= 11 is 0. The Morgan fingerprint density at radius 1 is 1.23 bits per heavy atom. The van der Waals surface area contributed by atoms with Crippen LogP contribution in [0.15, 0.2) is 47.1 Å². The number of hydrogen-bond acceptors (Lipinski definition) is 4. The van der Waals surface area contributed by atoms with Crippen LogP contribution in [0.25, 0.3) is 22.5 Å². The van der Waals surface area contributed by atoms with Gasteiger partial charge in [-0.25, -0.2) is 4.79 Å². The highest BCUT2D eigenvalue weighted by Crippen LogP contribution is 2.27. The molecule has 0 atom stereocenters. The maximum absolute atomic E-state index is 12.6. The van der Waals surface area contributed by atoms with Crippen molar-refractivity contribution in [2.45, 2.75) is 13.0 Å². The molecule has 8 nitrogen and oxygen atoms in total. The fourth-order valence-electron chi connectivity index (χ4n) is 3.38. The molecule has 0 saturated carbocycles. The van der Waals surface area contributed by atoms with E-state index in [0.717, 1.165) is 17.6 Å². The van der Waals surface area contributed by atoms with Crippen LogP contribution in [0.1, 0.15) is 11.3 Å². The van der Waals surface area contributed by atoms with Gasteiger partial charge in [-0.2, -0.15) is 4.98 Å². The number of aromatic amines is 2. The quantitative estimate of drug-likeness (QED) is 0.518. The van der Waals surface area contributed by atoms with Crippen molar-refractivity contribution in [2.24, 2.45) is 0 Å². The van der Waals surface area contributed by atoms with E-state index in [9.17, 15) is 4.79 Å². The Bertz CT molecular complexity index is 1080. The first-order chi connectivity index (χ1) is 12.8. The molecular formula is C18H16N6O2. The first-order valence-electron chi connectivity index (χ1n) is 8.38. The number of carbonyl (C=O) groups is 1. The van der Waals surface area contributed by atoms with Gasteiger partial charge in [0.2, 0.25) is 0 Å². The van der Waals surface area contributed by atoms with Gasteiger partial charge in [0.25, 0.3) is 5.95 Å². The highest BCUT2D eigenvalue weighted by atomic mass is 16.3. The summed E-state index contributed by atoms with van der Waals surface area (Å²) in [7, 11) is 0. The molecule has 3 N–H and O–H groups in total. The molecule has 0 bridgehead atoms. The van der Waals surface area contributed by atoms with Gasteiger partial charge in [0.15, 0.2) is 11.6 Å². The second-order valence-corrected chi connectivity index (χ2v) is 6.21. The lowest BCUT2D eigenvalue weighted by molar-refractivity contribution is 0.205. The molecule has 1 aliphatic heterocycles. The minimum atomic E-state index is -0.223. The number of fused-ring (bicyclic) bond motifs is 3. The minimum Gasteiger partial charge on any atom is -0.461 e. The van der Waals surface area contributed by atoms with E-state index in [0.29, 0.717) is 24.7 Å². The molecule has 0 saturated heterocycles. The van der Waals surface area contributed by atoms with Crippen molar-refractivity contribution in [2.75, 3.05) is 11.9 Å². The molecule has 0 radical (unpaired) electrons. The highest BCUT2D eigenvalue weighted by Gasteiger charge is 2.24. The van der Waals surface area contributed by atoms with E-state index in [1.165, 1.54) is 10.9 Å². The number of aromatic nitrogens is 4. The Balaban J connectivity index is 1.32. The van der Waals surface area contributed by atoms with Crippen molar-refractivity contribution in [1.29, 1.82) is 0 Å². The van der Waals surface area contributed by atoms with Crippen molar-refractivity contribution in [1.82, 2.24) is 25.1 Å². The molecule has 4 heterocycles. The van der Waals surface area contributed by atoms with E-state index in [1.807, 2.05) is 12.1 Å². The number of H-pyrrole nitrogens is 2. The van der Waals surface area contributed by atoms with Crippen LogP contribution in [0, 0.1) is 0 Å². The molecule has 1 aromatic carbocycles. The molecular weight excluding hydrogens is 332 g/mol. The van der Waals surface area contributed by atoms with Crippen LogP contribution in [-0.2, 0) is 13.0 Å². The number of urea groups is 1. The number of carbonyl (C=O) groups excluding carboxylic acids is 1. The lowest BCUT2D eigenvalue weighted by Gasteiger charge is -2.26. The van der Waals surface area contributed by atoms with Crippen LogP contribution < -0.4 is 5.32 Å². The van der Waals surface area contributed by atoms with Crippen molar-refractivity contribution in [3.05, 3.63) is 53.9 Å². The van der Waals surface area contributed by atoms with Crippen LogP contribution in [-0.4, -0.2) is 37.6 Å². The third-order valence-electron chi connectivity index (χ3n) is 4.63. The first-order valence-corrected chi connectivity index (χ1v) is 8.38. The van der Waals surface area contributed by atoms with Gasteiger partial charge in [-0.05, 0) is 30.2 Å². The molecule has 2 amide bonds. The van der Waals surface area contributed by atoms with E-state index in [1.54, 1.807) is 23.3 Å². The fourth-order valence-corrected chi connectivity index (χ4v) is 3.38. The molecule has 3 aromatic heterocycles. The summed E-state index contributed by atoms with van der Waals surface area (Å²) < 4.78 is 5.26. The molecule has 0 aliphatic carbocycles. The standard InChI is InChI=1S/C18H16N6O2/c25-18(21-17-20-16(22-23-17)15-6-3-9-26-15)24-8-7-12-11-4-1-2-5-13(11)19-14(12)10-24/h1-6,9,19H,7-8,10H2,(H2,20,21,22,23,25). The summed E-state index contributed by atoms with van der Waals surface area (Å²) in [6.45, 7) is 1.18. The second-order valence-electron chi connectivity index (χ2n) is 6.21. The summed E-state index contributed by atoms with van der Waals surface area (Å²) in [5.74, 6) is 1.27. The minimum absolute atomic E-state index is 0.223. The van der Waals surface area contributed by atoms with E-state index >= 15 is 0 Å². The van der Waals surface area contributed by atoms with Crippen molar-refractivity contribution < 1.29 is 9.21 Å². The molecule has 8 heteroatoms. The Labute approximate surface area is 148 Å². The van der Waals surface area contributed by atoms with Gasteiger partial charge in [-0.1, -0.05) is 18.2 Å². The Morgan fingerprint density at radius 3 is 3.04 bits per heavy atom. The van der Waals surface area contributed by atoms with E-state index < -0.39 is 0 Å². The van der Waals surface area contributed by atoms with Crippen molar-refractivity contribution in [3.63, 3.8) is 0 Å². The van der Waals surface area contributed by atoms with Crippen LogP contribution in [0.5, 0.6) is 0 Å². The summed E-state index contributed by atoms with van der Waals surface area (Å²) in [5, 5.41) is 10.8. The van der Waals surface area contributed by atoms with Gasteiger partial charge in [0.1, 0.15) is 0 Å². The predicted octanol–water partition coefficient (Wildman–Crippen LogP) is 3.14. The lowest BCUT2D eigenvalue weighted by Crippen LogP contribution is -2.39. The zero-order valence-electron chi connectivity index (χ0n) is 13.8. The van der Waals surface area contributed by atoms with Gasteiger partial charge in [-0.15, -0.1) is 5.10 Å². The van der Waals surface area contributed by atoms with Gasteiger partial charge >= 0.3 is 6.03 Å². The zero-order valence-corrected chi connectivity index (χ0v) is 13.8. The van der Waals surface area contributed by atoms with Crippen LogP contribution in [0.3, 0.4) is 0 Å². The number of benzene rings is 1. The number of amides is 2. The Morgan fingerprint density at radius 2 is 2.15 bits per heavy atom. The number of hydrogen-bond donors (Lipinski definition) is 3. The first kappa shape index (κ1) is 14.8. The third-order valence-corrected chi connectivity index (χ3v) is 4.63. The fraction of sp³-hybridized carbons (Fsp3) is 0.167. The number of furan rings is 1. The van der Waals surface area contributed by atoms with Crippen molar-refractivity contribution >= 4 is 22.9 Å². The number of anilines is 1. The average molecular weight is 348 g/mol. The highest BCUT2D eigenvalue weighted by molar-refractivity contribution is 5.89. The molecule has 1 aliphatic rings. The number of nitrogens with one attached hydrogen (secondary N) is 3. The summed E-state index contributed by atoms with van der Waals surface area (Å²) in [4.78, 5) is 22.0. The van der Waals surface area contributed by atoms with Gasteiger partial charge in [0, 0.05) is 23.1 Å². The molecule has 0 spiro atoms. The topological polar surface area (TPSA) is 103 Å². The van der Waals surface area contributed by atoms with Crippen LogP contribution >= 0.6 is 0 Å². The maximum atomic E-state index is 12.6. The summed E-state index contributed by atoms with van der Waals surface area (Å²) in [5.41, 5.74) is 3.48. The maximum Gasteiger partial charge on any atom is 0.324 e. The number of nitrogens with zero attached hydrogens (tertiary/aromatic N) is 3. The Kier molecular flexibility index (Phi) is 3.27. The van der Waals surface area contributed by atoms with E-state index in [4.69, 9.17) is 4.42 Å². The number of rotatable bonds is 2. The second kappa shape index (κ2) is 5.76. The third kappa shape index (κ3) is 2.43. The van der Waals surface area contributed by atoms with Crippen molar-refractivity contribution in [3.8, 4) is 11.6 Å². The van der Waals surface area contributed by atoms with Gasteiger partial charge < -0.3 is 14.3 Å². The van der Waals surface area contributed by atoms with Crippen LogP contribution in [0.2, 0.25) is 0 Å². The lowest BCUT2D eigenvalue weighted by atomic mass is 10.0. The summed E-state index contributed by atoms with van der Waals surface area (Å²) in [6.07, 6.45) is 2.38. The molecule has 5 rings (SSSR count). The largest absolute Gasteiger partial charge is 0.461 e. The molecule has 130 valence electrons. The smallest absolute Gasteiger partial charge is 0.324 e. The number of para-hydroxylation sites is 1. The molecule has 26 heavy (non-hydrogen) atoms. The van der Waals surface area contributed by atoms with Crippen LogP contribution in [0.4, 0.5) is 10.7 Å². The average Bonchev–Trinajstić information content (AvgIpc) is 3.40. The van der Waals surface area contributed by atoms with Gasteiger partial charge in [-0.3, -0.25) is 10.4 Å². The van der Waals surface area contributed by atoms with Gasteiger partial charge in [0.05, 0.1) is 12.8 Å². The zero-order chi connectivity index (χ0) is 17.5. The predicted molar refractivity (Wildman–Crippen MR) is 95.5 cm³/mol. The normalized spacial score (nSPS) is 13.8. The molecule has 0 unspecified atom stereocenters. The monoisotopic (exact) mass is 348 g/mol. The Hall–Kier alpha value is -3.55. The molecule has 0 fully saturated rings. The van der Waals surface area contributed by atoms with E-state index in [2.05, 4.69) is 37.6 Å². The molecule has 4 aromatic rings. The van der Waals surface area contributed by atoms with E-state index in [-0.39, 0.29) is 12.0 Å².